The van der Waals surface area contributed by atoms with Crippen LogP contribution in [0.4, 0.5) is 0 Å². The summed E-state index contributed by atoms with van der Waals surface area (Å²) in [5.41, 5.74) is 3.05. The zero-order valence-electron chi connectivity index (χ0n) is 16.6. The van der Waals surface area contributed by atoms with E-state index in [1.165, 1.54) is 0 Å². The van der Waals surface area contributed by atoms with Gasteiger partial charge in [0.15, 0.2) is 0 Å². The van der Waals surface area contributed by atoms with Crippen LogP contribution in [0.15, 0.2) is 73.2 Å². The van der Waals surface area contributed by atoms with Crippen LogP contribution in [0.2, 0.25) is 0 Å². The predicted molar refractivity (Wildman–Crippen MR) is 117 cm³/mol. The Balaban J connectivity index is 1.68. The van der Waals surface area contributed by atoms with E-state index < -0.39 is 12.0 Å². The van der Waals surface area contributed by atoms with Gasteiger partial charge in [-0.1, -0.05) is 36.8 Å². The van der Waals surface area contributed by atoms with Crippen LogP contribution in [-0.2, 0) is 4.79 Å². The third kappa shape index (κ3) is 3.42. The Labute approximate surface area is 175 Å². The highest BCUT2D eigenvalue weighted by atomic mass is 16.4. The van der Waals surface area contributed by atoms with Gasteiger partial charge in [0.2, 0.25) is 0 Å². The molecular weight excluding hydrogens is 374 g/mol. The smallest absolute Gasteiger partial charge is 0.320 e. The number of rotatable bonds is 4. The van der Waals surface area contributed by atoms with Gasteiger partial charge in [-0.05, 0) is 60.2 Å². The molecule has 5 heteroatoms. The lowest BCUT2D eigenvalue weighted by molar-refractivity contribution is -0.145. The number of carboxylic acid groups (broad SMARTS) is 1. The Morgan fingerprint density at radius 3 is 2.73 bits per heavy atom. The molecule has 2 aromatic carbocycles. The van der Waals surface area contributed by atoms with E-state index in [9.17, 15) is 9.90 Å². The molecule has 5 rings (SSSR count). The van der Waals surface area contributed by atoms with Crippen molar-refractivity contribution in [2.24, 2.45) is 0 Å². The summed E-state index contributed by atoms with van der Waals surface area (Å²) in [5, 5.41) is 13.2. The molecule has 0 aliphatic carbocycles. The largest absolute Gasteiger partial charge is 0.480 e. The molecule has 2 unspecified atom stereocenters. The standard InChI is InChI=1S/C25H23N3O2/c29-25(30)23-7-3-4-12-28(23)24(19-8-9-20-15-26-11-10-17(20)13-19)21-14-18-5-1-2-6-22(18)27-16-21/h1-2,5-6,8-11,13-16,23-24H,3-4,7,12H2,(H,29,30). The number of para-hydroxylation sites is 1. The third-order valence-electron chi connectivity index (χ3n) is 6.07. The lowest BCUT2D eigenvalue weighted by atomic mass is 9.91. The first-order valence-corrected chi connectivity index (χ1v) is 10.4. The maximum absolute atomic E-state index is 12.1. The number of aliphatic carboxylic acids is 1. The van der Waals surface area contributed by atoms with Crippen molar-refractivity contribution in [2.45, 2.75) is 31.3 Å². The maximum Gasteiger partial charge on any atom is 0.320 e. The van der Waals surface area contributed by atoms with Crippen molar-refractivity contribution in [3.05, 3.63) is 84.3 Å². The van der Waals surface area contributed by atoms with Crippen molar-refractivity contribution in [1.82, 2.24) is 14.9 Å². The van der Waals surface area contributed by atoms with E-state index in [1.807, 2.05) is 36.7 Å². The Bertz CT molecular complexity index is 1140. The van der Waals surface area contributed by atoms with Crippen molar-refractivity contribution >= 4 is 27.6 Å². The number of benzene rings is 2. The van der Waals surface area contributed by atoms with Gasteiger partial charge in [0, 0.05) is 29.4 Å². The summed E-state index contributed by atoms with van der Waals surface area (Å²) in [5.74, 6) is -0.751. The first kappa shape index (κ1) is 18.7. The molecular formula is C25H23N3O2. The molecule has 150 valence electrons. The topological polar surface area (TPSA) is 66.3 Å². The van der Waals surface area contributed by atoms with Gasteiger partial charge in [-0.3, -0.25) is 19.7 Å². The van der Waals surface area contributed by atoms with E-state index in [1.54, 1.807) is 6.20 Å². The highest BCUT2D eigenvalue weighted by Gasteiger charge is 2.35. The van der Waals surface area contributed by atoms with Crippen LogP contribution in [0.25, 0.3) is 21.7 Å². The number of hydrogen-bond donors (Lipinski definition) is 1. The molecule has 1 aliphatic rings. The van der Waals surface area contributed by atoms with Gasteiger partial charge in [0.05, 0.1) is 11.6 Å². The predicted octanol–water partition coefficient (Wildman–Crippen LogP) is 4.81. The summed E-state index contributed by atoms with van der Waals surface area (Å²) in [7, 11) is 0. The van der Waals surface area contributed by atoms with Gasteiger partial charge in [0.1, 0.15) is 6.04 Å². The number of fused-ring (bicyclic) bond motifs is 2. The summed E-state index contributed by atoms with van der Waals surface area (Å²) in [6, 6.07) is 17.8. The molecule has 5 nitrogen and oxygen atoms in total. The third-order valence-corrected chi connectivity index (χ3v) is 6.07. The molecule has 1 saturated heterocycles. The molecule has 4 aromatic rings. The number of carboxylic acids is 1. The Hall–Kier alpha value is -3.31. The van der Waals surface area contributed by atoms with Crippen molar-refractivity contribution in [3.8, 4) is 0 Å². The number of piperidine rings is 1. The van der Waals surface area contributed by atoms with E-state index >= 15 is 0 Å². The average molecular weight is 397 g/mol. The molecule has 3 heterocycles. The summed E-state index contributed by atoms with van der Waals surface area (Å²) in [6.07, 6.45) is 8.16. The SMILES string of the molecule is O=C(O)C1CCCCN1C(c1ccc2cnccc2c1)c1cnc2ccccc2c1. The minimum atomic E-state index is -0.751. The van der Waals surface area contributed by atoms with E-state index in [-0.39, 0.29) is 6.04 Å². The van der Waals surface area contributed by atoms with Gasteiger partial charge in [-0.25, -0.2) is 0 Å². The molecule has 2 aromatic heterocycles. The quantitative estimate of drug-likeness (QED) is 0.535. The van der Waals surface area contributed by atoms with Gasteiger partial charge in [0.25, 0.3) is 0 Å². The highest BCUT2D eigenvalue weighted by Crippen LogP contribution is 2.36. The number of nitrogens with zero attached hydrogens (tertiary/aromatic N) is 3. The first-order valence-electron chi connectivity index (χ1n) is 10.4. The summed E-state index contributed by atoms with van der Waals surface area (Å²) in [6.45, 7) is 0.753. The van der Waals surface area contributed by atoms with Gasteiger partial charge < -0.3 is 5.11 Å². The molecule has 1 N–H and O–H groups in total. The van der Waals surface area contributed by atoms with Crippen LogP contribution in [-0.4, -0.2) is 38.5 Å². The fraction of sp³-hybridized carbons (Fsp3) is 0.240. The van der Waals surface area contributed by atoms with E-state index in [0.717, 1.165) is 52.2 Å². The summed E-state index contributed by atoms with van der Waals surface area (Å²) in [4.78, 5) is 23.1. The number of aromatic nitrogens is 2. The van der Waals surface area contributed by atoms with Gasteiger partial charge >= 0.3 is 5.97 Å². The second-order valence-corrected chi connectivity index (χ2v) is 7.93. The second kappa shape index (κ2) is 7.84. The zero-order chi connectivity index (χ0) is 20.5. The Kier molecular flexibility index (Phi) is 4.89. The van der Waals surface area contributed by atoms with Crippen LogP contribution in [0.1, 0.15) is 36.4 Å². The number of hydrogen-bond acceptors (Lipinski definition) is 4. The van der Waals surface area contributed by atoms with Crippen LogP contribution < -0.4 is 0 Å². The molecule has 1 fully saturated rings. The molecule has 0 spiro atoms. The fourth-order valence-corrected chi connectivity index (χ4v) is 4.61. The molecule has 0 saturated carbocycles. The summed E-state index contributed by atoms with van der Waals surface area (Å²) < 4.78 is 0. The number of pyridine rings is 2. The zero-order valence-corrected chi connectivity index (χ0v) is 16.6. The lowest BCUT2D eigenvalue weighted by Gasteiger charge is -2.39. The highest BCUT2D eigenvalue weighted by molar-refractivity contribution is 5.83. The molecule has 0 amide bonds. The normalized spacial score (nSPS) is 18.5. The monoisotopic (exact) mass is 397 g/mol. The second-order valence-electron chi connectivity index (χ2n) is 7.93. The molecule has 2 atom stereocenters. The van der Waals surface area contributed by atoms with Crippen LogP contribution in [0, 0.1) is 0 Å². The van der Waals surface area contributed by atoms with Gasteiger partial charge in [-0.2, -0.15) is 0 Å². The van der Waals surface area contributed by atoms with E-state index in [4.69, 9.17) is 0 Å². The van der Waals surface area contributed by atoms with Gasteiger partial charge in [-0.15, -0.1) is 0 Å². The minimum absolute atomic E-state index is 0.166. The van der Waals surface area contributed by atoms with Crippen molar-refractivity contribution < 1.29 is 9.90 Å². The molecule has 0 radical (unpaired) electrons. The fourth-order valence-electron chi connectivity index (χ4n) is 4.61. The average Bonchev–Trinajstić information content (AvgIpc) is 2.79. The number of likely N-dealkylation sites (tertiary alicyclic amines) is 1. The summed E-state index contributed by atoms with van der Waals surface area (Å²) >= 11 is 0. The Morgan fingerprint density at radius 2 is 1.83 bits per heavy atom. The Morgan fingerprint density at radius 1 is 0.967 bits per heavy atom. The first-order chi connectivity index (χ1) is 14.7. The maximum atomic E-state index is 12.1. The van der Waals surface area contributed by atoms with E-state index in [0.29, 0.717) is 6.42 Å². The van der Waals surface area contributed by atoms with Crippen molar-refractivity contribution in [3.63, 3.8) is 0 Å². The number of carbonyl (C=O) groups is 1. The lowest BCUT2D eigenvalue weighted by Crippen LogP contribution is -2.46. The van der Waals surface area contributed by atoms with Crippen molar-refractivity contribution in [1.29, 1.82) is 0 Å². The van der Waals surface area contributed by atoms with E-state index in [2.05, 4.69) is 45.2 Å². The van der Waals surface area contributed by atoms with Crippen LogP contribution in [0.5, 0.6) is 0 Å². The minimum Gasteiger partial charge on any atom is -0.480 e. The molecule has 1 aliphatic heterocycles. The molecule has 30 heavy (non-hydrogen) atoms. The van der Waals surface area contributed by atoms with Crippen molar-refractivity contribution in [2.75, 3.05) is 6.54 Å². The van der Waals surface area contributed by atoms with Crippen LogP contribution in [0.3, 0.4) is 0 Å². The molecule has 0 bridgehead atoms. The van der Waals surface area contributed by atoms with Crippen LogP contribution >= 0.6 is 0 Å².